The van der Waals surface area contributed by atoms with Crippen LogP contribution >= 0.6 is 0 Å². The maximum absolute atomic E-state index is 11.9. The lowest BCUT2D eigenvalue weighted by Gasteiger charge is -2.04. The van der Waals surface area contributed by atoms with Crippen LogP contribution in [-0.2, 0) is 0 Å². The summed E-state index contributed by atoms with van der Waals surface area (Å²) in [4.78, 5) is 23.7. The Kier molecular flexibility index (Phi) is 4.15. The summed E-state index contributed by atoms with van der Waals surface area (Å²) in [5, 5.41) is 9.02. The first-order valence-corrected chi connectivity index (χ1v) is 7.01. The Morgan fingerprint density at radius 3 is 2.22 bits per heavy atom. The highest BCUT2D eigenvalue weighted by Gasteiger charge is 2.11. The van der Waals surface area contributed by atoms with Gasteiger partial charge in [0.15, 0.2) is 5.82 Å². The number of aromatic nitrogens is 2. The Hall–Kier alpha value is -3.41. The number of benzene rings is 2. The van der Waals surface area contributed by atoms with Gasteiger partial charge in [-0.15, -0.1) is 5.10 Å². The first-order chi connectivity index (χ1) is 11.2. The Balaban J connectivity index is 1.63. The molecule has 0 saturated heterocycles. The summed E-state index contributed by atoms with van der Waals surface area (Å²) in [6.07, 6.45) is 1.73. The van der Waals surface area contributed by atoms with Crippen LogP contribution < -0.4 is 10.6 Å². The van der Waals surface area contributed by atoms with Gasteiger partial charge in [-0.3, -0.25) is 15.4 Å². The molecule has 0 radical (unpaired) electrons. The van der Waals surface area contributed by atoms with Gasteiger partial charge in [-0.25, -0.2) is 9.48 Å². The van der Waals surface area contributed by atoms with E-state index in [1.165, 1.54) is 0 Å². The SMILES string of the molecule is O=C(NC(=O)c1ccccc1)Nc1ccn(-c2ccccc2)n1. The molecule has 23 heavy (non-hydrogen) atoms. The van der Waals surface area contributed by atoms with Crippen LogP contribution in [0.2, 0.25) is 0 Å². The average Bonchev–Trinajstić information content (AvgIpc) is 3.04. The van der Waals surface area contributed by atoms with E-state index in [4.69, 9.17) is 0 Å². The van der Waals surface area contributed by atoms with E-state index in [1.54, 1.807) is 47.3 Å². The molecule has 2 N–H and O–H groups in total. The van der Waals surface area contributed by atoms with Crippen molar-refractivity contribution in [3.05, 3.63) is 78.5 Å². The Bertz CT molecular complexity index is 813. The van der Waals surface area contributed by atoms with Gasteiger partial charge in [0.05, 0.1) is 5.69 Å². The molecule has 1 aromatic heterocycles. The van der Waals surface area contributed by atoms with Gasteiger partial charge < -0.3 is 0 Å². The van der Waals surface area contributed by atoms with E-state index >= 15 is 0 Å². The number of imide groups is 1. The predicted molar refractivity (Wildman–Crippen MR) is 86.5 cm³/mol. The number of nitrogens with zero attached hydrogens (tertiary/aromatic N) is 2. The van der Waals surface area contributed by atoms with E-state index in [-0.39, 0.29) is 0 Å². The summed E-state index contributed by atoms with van der Waals surface area (Å²) in [6, 6.07) is 19.1. The molecule has 0 saturated carbocycles. The molecule has 2 aromatic carbocycles. The third-order valence-electron chi connectivity index (χ3n) is 3.11. The Morgan fingerprint density at radius 1 is 0.870 bits per heavy atom. The molecule has 3 rings (SSSR count). The summed E-state index contributed by atoms with van der Waals surface area (Å²) in [7, 11) is 0. The number of para-hydroxylation sites is 1. The molecule has 0 unspecified atom stereocenters. The Labute approximate surface area is 132 Å². The Morgan fingerprint density at radius 2 is 1.52 bits per heavy atom. The molecular formula is C17H14N4O2. The highest BCUT2D eigenvalue weighted by molar-refractivity contribution is 6.07. The third-order valence-corrected chi connectivity index (χ3v) is 3.11. The molecule has 0 bridgehead atoms. The number of hydrogen-bond acceptors (Lipinski definition) is 3. The number of carbonyl (C=O) groups excluding carboxylic acids is 2. The van der Waals surface area contributed by atoms with Crippen molar-refractivity contribution in [3.8, 4) is 5.69 Å². The zero-order valence-electron chi connectivity index (χ0n) is 12.1. The minimum atomic E-state index is -0.628. The smallest absolute Gasteiger partial charge is 0.290 e. The first-order valence-electron chi connectivity index (χ1n) is 7.01. The molecular weight excluding hydrogens is 292 g/mol. The molecule has 6 heteroatoms. The van der Waals surface area contributed by atoms with Gasteiger partial charge in [0, 0.05) is 17.8 Å². The fourth-order valence-corrected chi connectivity index (χ4v) is 2.03. The van der Waals surface area contributed by atoms with Crippen molar-refractivity contribution < 1.29 is 9.59 Å². The van der Waals surface area contributed by atoms with Crippen LogP contribution in [0.25, 0.3) is 5.69 Å². The molecule has 6 nitrogen and oxygen atoms in total. The number of hydrogen-bond donors (Lipinski definition) is 2. The van der Waals surface area contributed by atoms with Crippen molar-refractivity contribution in [3.63, 3.8) is 0 Å². The minimum Gasteiger partial charge on any atom is -0.290 e. The van der Waals surface area contributed by atoms with E-state index in [0.29, 0.717) is 11.4 Å². The lowest BCUT2D eigenvalue weighted by molar-refractivity contribution is 0.0967. The minimum absolute atomic E-state index is 0.354. The highest BCUT2D eigenvalue weighted by atomic mass is 16.2. The van der Waals surface area contributed by atoms with Crippen molar-refractivity contribution in [2.45, 2.75) is 0 Å². The number of amides is 3. The van der Waals surface area contributed by atoms with E-state index in [2.05, 4.69) is 15.7 Å². The third kappa shape index (κ3) is 3.62. The van der Waals surface area contributed by atoms with Gasteiger partial charge >= 0.3 is 6.03 Å². The summed E-state index contributed by atoms with van der Waals surface area (Å²) in [5.74, 6) is -0.113. The van der Waals surface area contributed by atoms with Gasteiger partial charge in [0.2, 0.25) is 0 Å². The maximum atomic E-state index is 11.9. The first kappa shape index (κ1) is 14.5. The van der Waals surface area contributed by atoms with Crippen LogP contribution in [0.1, 0.15) is 10.4 Å². The molecule has 0 spiro atoms. The van der Waals surface area contributed by atoms with Crippen LogP contribution in [0.15, 0.2) is 72.9 Å². The monoisotopic (exact) mass is 306 g/mol. The fourth-order valence-electron chi connectivity index (χ4n) is 2.03. The molecule has 3 aromatic rings. The van der Waals surface area contributed by atoms with Gasteiger partial charge in [0.1, 0.15) is 0 Å². The molecule has 0 aliphatic heterocycles. The normalized spacial score (nSPS) is 10.1. The number of urea groups is 1. The van der Waals surface area contributed by atoms with Crippen LogP contribution in [0.5, 0.6) is 0 Å². The van der Waals surface area contributed by atoms with Crippen molar-refractivity contribution in [2.75, 3.05) is 5.32 Å². The van der Waals surface area contributed by atoms with Gasteiger partial charge in [-0.1, -0.05) is 36.4 Å². The molecule has 0 atom stereocenters. The van der Waals surface area contributed by atoms with Gasteiger partial charge in [0.25, 0.3) is 5.91 Å². The van der Waals surface area contributed by atoms with Crippen molar-refractivity contribution >= 4 is 17.8 Å². The summed E-state index contributed by atoms with van der Waals surface area (Å²) in [5.41, 5.74) is 1.29. The number of carbonyl (C=O) groups is 2. The zero-order chi connectivity index (χ0) is 16.1. The second-order valence-electron chi connectivity index (χ2n) is 4.76. The topological polar surface area (TPSA) is 76.0 Å². The molecule has 3 amide bonds. The number of anilines is 1. The lowest BCUT2D eigenvalue weighted by atomic mass is 10.2. The van der Waals surface area contributed by atoms with Crippen molar-refractivity contribution in [2.24, 2.45) is 0 Å². The molecule has 114 valence electrons. The van der Waals surface area contributed by atoms with E-state index in [0.717, 1.165) is 5.69 Å². The standard InChI is InChI=1S/C17H14N4O2/c22-16(13-7-3-1-4-8-13)19-17(23)18-15-11-12-21(20-15)14-9-5-2-6-10-14/h1-12H,(H2,18,19,20,22,23). The van der Waals surface area contributed by atoms with E-state index < -0.39 is 11.9 Å². The molecule has 0 aliphatic rings. The van der Waals surface area contributed by atoms with Gasteiger partial charge in [-0.2, -0.15) is 0 Å². The fraction of sp³-hybridized carbons (Fsp3) is 0. The number of nitrogens with one attached hydrogen (secondary N) is 2. The van der Waals surface area contributed by atoms with Crippen LogP contribution in [-0.4, -0.2) is 21.7 Å². The second kappa shape index (κ2) is 6.57. The molecule has 0 fully saturated rings. The van der Waals surface area contributed by atoms with Gasteiger partial charge in [-0.05, 0) is 24.3 Å². The zero-order valence-corrected chi connectivity index (χ0v) is 12.1. The van der Waals surface area contributed by atoms with Crippen LogP contribution in [0, 0.1) is 0 Å². The lowest BCUT2D eigenvalue weighted by Crippen LogP contribution is -2.34. The summed E-state index contributed by atoms with van der Waals surface area (Å²) in [6.45, 7) is 0. The highest BCUT2D eigenvalue weighted by Crippen LogP contribution is 2.09. The average molecular weight is 306 g/mol. The number of rotatable bonds is 3. The van der Waals surface area contributed by atoms with Crippen LogP contribution in [0.4, 0.5) is 10.6 Å². The molecule has 1 heterocycles. The quantitative estimate of drug-likeness (QED) is 0.781. The van der Waals surface area contributed by atoms with Crippen molar-refractivity contribution in [1.29, 1.82) is 0 Å². The largest absolute Gasteiger partial charge is 0.327 e. The van der Waals surface area contributed by atoms with E-state index in [1.807, 2.05) is 30.3 Å². The second-order valence-corrected chi connectivity index (χ2v) is 4.76. The van der Waals surface area contributed by atoms with Crippen molar-refractivity contribution in [1.82, 2.24) is 15.1 Å². The summed E-state index contributed by atoms with van der Waals surface area (Å²) >= 11 is 0. The predicted octanol–water partition coefficient (Wildman–Crippen LogP) is 2.83. The molecule has 0 aliphatic carbocycles. The maximum Gasteiger partial charge on any atom is 0.327 e. The van der Waals surface area contributed by atoms with E-state index in [9.17, 15) is 9.59 Å². The van der Waals surface area contributed by atoms with Crippen LogP contribution in [0.3, 0.4) is 0 Å². The summed E-state index contributed by atoms with van der Waals surface area (Å²) < 4.78 is 1.63.